The van der Waals surface area contributed by atoms with E-state index in [9.17, 15) is 22.8 Å². The second kappa shape index (κ2) is 8.37. The summed E-state index contributed by atoms with van der Waals surface area (Å²) >= 11 is 0. The zero-order valence-corrected chi connectivity index (χ0v) is 13.9. The summed E-state index contributed by atoms with van der Waals surface area (Å²) in [5.74, 6) is -0.775. The lowest BCUT2D eigenvalue weighted by molar-refractivity contribution is -0.137. The first-order chi connectivity index (χ1) is 12.3. The Kier molecular flexibility index (Phi) is 6.21. The van der Waals surface area contributed by atoms with Crippen LogP contribution in [0.3, 0.4) is 0 Å². The van der Waals surface area contributed by atoms with Crippen LogP contribution in [0.5, 0.6) is 0 Å². The summed E-state index contributed by atoms with van der Waals surface area (Å²) in [6, 6.07) is 12.8. The number of nitrogens with one attached hydrogen (secondary N) is 3. The second-order valence-corrected chi connectivity index (χ2v) is 5.62. The molecule has 0 saturated heterocycles. The molecule has 3 N–H and O–H groups in total. The molecular weight excluding hydrogens is 347 g/mol. The minimum Gasteiger partial charge on any atom is -0.349 e. The number of halogens is 3. The average Bonchev–Trinajstić information content (AvgIpc) is 2.59. The van der Waals surface area contributed by atoms with Crippen molar-refractivity contribution in [3.8, 4) is 0 Å². The fourth-order valence-corrected chi connectivity index (χ4v) is 2.33. The van der Waals surface area contributed by atoms with E-state index in [1.54, 1.807) is 24.3 Å². The molecule has 0 aliphatic rings. The number of carbonyl (C=O) groups excluding carboxylic acids is 2. The fraction of sp³-hybridized carbons (Fsp3) is 0.222. The molecule has 1 unspecified atom stereocenters. The van der Waals surface area contributed by atoms with Gasteiger partial charge in [-0.15, -0.1) is 0 Å². The van der Waals surface area contributed by atoms with Gasteiger partial charge in [0.2, 0.25) is 11.8 Å². The van der Waals surface area contributed by atoms with Crippen LogP contribution in [-0.4, -0.2) is 11.8 Å². The van der Waals surface area contributed by atoms with Gasteiger partial charge in [-0.3, -0.25) is 20.4 Å². The van der Waals surface area contributed by atoms with E-state index in [2.05, 4.69) is 16.2 Å². The summed E-state index contributed by atoms with van der Waals surface area (Å²) in [6.45, 7) is 1.34. The predicted molar refractivity (Wildman–Crippen MR) is 90.8 cm³/mol. The first-order valence-corrected chi connectivity index (χ1v) is 7.80. The first kappa shape index (κ1) is 19.3. The van der Waals surface area contributed by atoms with E-state index in [1.807, 2.05) is 6.07 Å². The van der Waals surface area contributed by atoms with E-state index in [4.69, 9.17) is 0 Å². The Morgan fingerprint density at radius 1 is 1.04 bits per heavy atom. The molecule has 0 saturated carbocycles. The summed E-state index contributed by atoms with van der Waals surface area (Å²) in [5, 5.41) is 2.68. The molecule has 0 fully saturated rings. The minimum atomic E-state index is -4.47. The number of alkyl halides is 3. The Hall–Kier alpha value is -3.03. The van der Waals surface area contributed by atoms with Crippen molar-refractivity contribution in [3.05, 3.63) is 65.7 Å². The number of carbonyl (C=O) groups is 2. The van der Waals surface area contributed by atoms with Crippen molar-refractivity contribution in [2.45, 2.75) is 25.6 Å². The Bertz CT molecular complexity index is 764. The summed E-state index contributed by atoms with van der Waals surface area (Å²) in [6.07, 6.45) is -4.54. The molecular formula is C18H18F3N3O2. The highest BCUT2D eigenvalue weighted by Gasteiger charge is 2.30. The lowest BCUT2D eigenvalue weighted by Gasteiger charge is -2.18. The summed E-state index contributed by atoms with van der Waals surface area (Å²) < 4.78 is 38.1. The second-order valence-electron chi connectivity index (χ2n) is 5.62. The van der Waals surface area contributed by atoms with Gasteiger partial charge < -0.3 is 5.32 Å². The number of hydrazine groups is 1. The van der Waals surface area contributed by atoms with Crippen molar-refractivity contribution in [2.24, 2.45) is 0 Å². The van der Waals surface area contributed by atoms with Gasteiger partial charge in [-0.2, -0.15) is 13.2 Å². The van der Waals surface area contributed by atoms with Gasteiger partial charge in [0.15, 0.2) is 0 Å². The van der Waals surface area contributed by atoms with Gasteiger partial charge in [0.05, 0.1) is 23.7 Å². The van der Waals surface area contributed by atoms with Gasteiger partial charge >= 0.3 is 6.18 Å². The predicted octanol–water partition coefficient (Wildman–Crippen LogP) is 3.42. The Morgan fingerprint density at radius 2 is 1.73 bits per heavy atom. The number of amides is 2. The van der Waals surface area contributed by atoms with Crippen molar-refractivity contribution in [3.63, 3.8) is 0 Å². The lowest BCUT2D eigenvalue weighted by atomic mass is 10.0. The third kappa shape index (κ3) is 5.80. The monoisotopic (exact) mass is 365 g/mol. The zero-order chi connectivity index (χ0) is 19.2. The van der Waals surface area contributed by atoms with Crippen LogP contribution in [0.4, 0.5) is 18.9 Å². The standard InChI is InChI=1S/C18H18F3N3O2/c1-12(25)22-16(13-6-3-2-4-7-13)11-17(26)24-23-15-9-5-8-14(10-15)18(19,20)21/h2-10,16,23H,11H2,1H3,(H,22,25)(H,24,26). The molecule has 0 bridgehead atoms. The van der Waals surface area contributed by atoms with Crippen LogP contribution in [-0.2, 0) is 15.8 Å². The van der Waals surface area contributed by atoms with E-state index >= 15 is 0 Å². The third-order valence-electron chi connectivity index (χ3n) is 3.51. The highest BCUT2D eigenvalue weighted by molar-refractivity contribution is 5.80. The fourth-order valence-electron chi connectivity index (χ4n) is 2.33. The Balaban J connectivity index is 1.99. The molecule has 0 radical (unpaired) electrons. The van der Waals surface area contributed by atoms with E-state index in [0.717, 1.165) is 17.7 Å². The van der Waals surface area contributed by atoms with Crippen molar-refractivity contribution < 1.29 is 22.8 Å². The van der Waals surface area contributed by atoms with Gasteiger partial charge in [-0.25, -0.2) is 0 Å². The molecule has 0 spiro atoms. The smallest absolute Gasteiger partial charge is 0.349 e. The van der Waals surface area contributed by atoms with Crippen LogP contribution < -0.4 is 16.2 Å². The maximum absolute atomic E-state index is 12.7. The van der Waals surface area contributed by atoms with E-state index in [-0.39, 0.29) is 18.0 Å². The maximum Gasteiger partial charge on any atom is 0.416 e. The lowest BCUT2D eigenvalue weighted by Crippen LogP contribution is -2.35. The number of hydrogen-bond acceptors (Lipinski definition) is 3. The summed E-state index contributed by atoms with van der Waals surface area (Å²) in [5.41, 5.74) is 4.82. The van der Waals surface area contributed by atoms with E-state index in [1.165, 1.54) is 19.1 Å². The quantitative estimate of drug-likeness (QED) is 0.687. The van der Waals surface area contributed by atoms with Gasteiger partial charge in [0, 0.05) is 6.92 Å². The molecule has 26 heavy (non-hydrogen) atoms. The average molecular weight is 365 g/mol. The van der Waals surface area contributed by atoms with Crippen molar-refractivity contribution in [1.29, 1.82) is 0 Å². The molecule has 2 aromatic carbocycles. The molecule has 8 heteroatoms. The highest BCUT2D eigenvalue weighted by atomic mass is 19.4. The van der Waals surface area contributed by atoms with E-state index < -0.39 is 23.7 Å². The number of hydrogen-bond donors (Lipinski definition) is 3. The molecule has 0 aliphatic carbocycles. The Morgan fingerprint density at radius 3 is 2.35 bits per heavy atom. The molecule has 1 atom stereocenters. The Labute approximate surface area is 148 Å². The third-order valence-corrected chi connectivity index (χ3v) is 3.51. The number of rotatable bonds is 6. The van der Waals surface area contributed by atoms with Gasteiger partial charge in [0.1, 0.15) is 0 Å². The van der Waals surface area contributed by atoms with Gasteiger partial charge in [0.25, 0.3) is 0 Å². The zero-order valence-electron chi connectivity index (χ0n) is 13.9. The van der Waals surface area contributed by atoms with Gasteiger partial charge in [-0.05, 0) is 23.8 Å². The SMILES string of the molecule is CC(=O)NC(CC(=O)NNc1cccc(C(F)(F)F)c1)c1ccccc1. The molecule has 0 heterocycles. The maximum atomic E-state index is 12.7. The molecule has 2 amide bonds. The largest absolute Gasteiger partial charge is 0.416 e. The van der Waals surface area contributed by atoms with Crippen LogP contribution in [0.2, 0.25) is 0 Å². The summed E-state index contributed by atoms with van der Waals surface area (Å²) in [4.78, 5) is 23.5. The molecule has 0 aromatic heterocycles. The van der Waals surface area contributed by atoms with Crippen LogP contribution >= 0.6 is 0 Å². The number of benzene rings is 2. The minimum absolute atomic E-state index is 0.0739. The van der Waals surface area contributed by atoms with Crippen LogP contribution in [0.15, 0.2) is 54.6 Å². The normalized spacial score (nSPS) is 12.2. The topological polar surface area (TPSA) is 70.2 Å². The molecule has 138 valence electrons. The van der Waals surface area contributed by atoms with Gasteiger partial charge in [-0.1, -0.05) is 36.4 Å². The molecule has 0 aliphatic heterocycles. The van der Waals surface area contributed by atoms with Crippen molar-refractivity contribution in [1.82, 2.24) is 10.7 Å². The molecule has 5 nitrogen and oxygen atoms in total. The molecule has 2 rings (SSSR count). The molecule has 2 aromatic rings. The van der Waals surface area contributed by atoms with Crippen LogP contribution in [0.25, 0.3) is 0 Å². The first-order valence-electron chi connectivity index (χ1n) is 7.80. The summed E-state index contributed by atoms with van der Waals surface area (Å²) in [7, 11) is 0. The van der Waals surface area contributed by atoms with Crippen LogP contribution in [0, 0.1) is 0 Å². The van der Waals surface area contributed by atoms with Crippen molar-refractivity contribution >= 4 is 17.5 Å². The number of anilines is 1. The van der Waals surface area contributed by atoms with E-state index in [0.29, 0.717) is 0 Å². The van der Waals surface area contributed by atoms with Crippen LogP contribution in [0.1, 0.15) is 30.5 Å². The van der Waals surface area contributed by atoms with Crippen molar-refractivity contribution in [2.75, 3.05) is 5.43 Å². The highest BCUT2D eigenvalue weighted by Crippen LogP contribution is 2.30.